The van der Waals surface area contributed by atoms with Crippen molar-refractivity contribution in [1.82, 2.24) is 9.55 Å². The van der Waals surface area contributed by atoms with Crippen LogP contribution in [0.25, 0.3) is 0 Å². The van der Waals surface area contributed by atoms with Crippen molar-refractivity contribution in [2.75, 3.05) is 0 Å². The Hall–Kier alpha value is -2.77. The molecule has 0 aliphatic rings. The summed E-state index contributed by atoms with van der Waals surface area (Å²) in [4.78, 5) is 18.9. The molecule has 0 spiro atoms. The molecule has 0 saturated carbocycles. The highest BCUT2D eigenvalue weighted by atomic mass is 19.1. The summed E-state index contributed by atoms with van der Waals surface area (Å²) in [6, 6.07) is 5.81. The molecule has 0 saturated heterocycles. The third-order valence-corrected chi connectivity index (χ3v) is 2.57. The minimum atomic E-state index is -0.538. The van der Waals surface area contributed by atoms with Crippen molar-refractivity contribution < 1.29 is 14.2 Å². The molecule has 2 aromatic rings. The van der Waals surface area contributed by atoms with Crippen LogP contribution in [0, 0.1) is 15.9 Å². The highest BCUT2D eigenvalue weighted by Gasteiger charge is 2.14. The number of hydrogen-bond donors (Lipinski definition) is 0. The van der Waals surface area contributed by atoms with Crippen molar-refractivity contribution in [3.8, 4) is 0 Å². The van der Waals surface area contributed by atoms with Gasteiger partial charge in [-0.3, -0.25) is 0 Å². The molecule has 0 aliphatic heterocycles. The van der Waals surface area contributed by atoms with E-state index in [1.54, 1.807) is 12.1 Å². The molecular weight excluding hydrogens is 267 g/mol. The quantitative estimate of drug-likeness (QED) is 0.476. The van der Waals surface area contributed by atoms with Gasteiger partial charge in [0.25, 0.3) is 0 Å². The molecule has 0 atom stereocenters. The molecule has 1 heterocycles. The zero-order chi connectivity index (χ0) is 14.5. The number of nitro groups is 1. The Morgan fingerprint density at radius 1 is 1.50 bits per heavy atom. The zero-order valence-corrected chi connectivity index (χ0v) is 10.6. The maximum Gasteiger partial charge on any atom is 0.342 e. The maximum absolute atomic E-state index is 12.7. The largest absolute Gasteiger partial charge is 0.391 e. The van der Waals surface area contributed by atoms with Crippen LogP contribution in [0.4, 0.5) is 10.2 Å². The van der Waals surface area contributed by atoms with E-state index in [1.165, 1.54) is 30.0 Å². The smallest absolute Gasteiger partial charge is 0.342 e. The molecule has 0 amide bonds. The average Bonchev–Trinajstić information content (AvgIpc) is 2.78. The van der Waals surface area contributed by atoms with Crippen LogP contribution in [-0.2, 0) is 18.5 Å². The van der Waals surface area contributed by atoms with E-state index >= 15 is 0 Å². The summed E-state index contributed by atoms with van der Waals surface area (Å²) in [7, 11) is 1.51. The van der Waals surface area contributed by atoms with Crippen molar-refractivity contribution in [2.45, 2.75) is 6.61 Å². The normalized spacial score (nSPS) is 10.9. The Bertz CT molecular complexity index is 637. The summed E-state index contributed by atoms with van der Waals surface area (Å²) in [5, 5.41) is 14.3. The van der Waals surface area contributed by atoms with Crippen molar-refractivity contribution in [3.05, 3.63) is 57.8 Å². The number of rotatable bonds is 5. The van der Waals surface area contributed by atoms with Crippen molar-refractivity contribution >= 4 is 12.0 Å². The molecule has 2 rings (SSSR count). The monoisotopic (exact) mass is 278 g/mol. The molecule has 20 heavy (non-hydrogen) atoms. The summed E-state index contributed by atoms with van der Waals surface area (Å²) in [6.07, 6.45) is 2.41. The number of halogens is 1. The Morgan fingerprint density at radius 2 is 2.20 bits per heavy atom. The fraction of sp³-hybridized carbons (Fsp3) is 0.167. The Morgan fingerprint density at radius 3 is 2.80 bits per heavy atom. The second kappa shape index (κ2) is 5.91. The Balaban J connectivity index is 1.94. The summed E-state index contributed by atoms with van der Waals surface area (Å²) >= 11 is 0. The predicted molar refractivity (Wildman–Crippen MR) is 68.6 cm³/mol. The van der Waals surface area contributed by atoms with Crippen LogP contribution in [0.3, 0.4) is 0 Å². The summed E-state index contributed by atoms with van der Waals surface area (Å²) in [5.74, 6) is -0.154. The van der Waals surface area contributed by atoms with Gasteiger partial charge in [-0.1, -0.05) is 17.3 Å². The lowest BCUT2D eigenvalue weighted by Crippen LogP contribution is -2.01. The van der Waals surface area contributed by atoms with E-state index in [2.05, 4.69) is 10.1 Å². The number of benzene rings is 1. The first-order valence-electron chi connectivity index (χ1n) is 5.64. The van der Waals surface area contributed by atoms with E-state index in [9.17, 15) is 14.5 Å². The zero-order valence-electron chi connectivity index (χ0n) is 10.6. The second-order valence-electron chi connectivity index (χ2n) is 3.93. The van der Waals surface area contributed by atoms with Gasteiger partial charge in [-0.25, -0.2) is 13.9 Å². The van der Waals surface area contributed by atoms with Gasteiger partial charge in [0.15, 0.2) is 0 Å². The van der Waals surface area contributed by atoms with Gasteiger partial charge >= 0.3 is 5.82 Å². The number of oxime groups is 1. The number of aromatic nitrogens is 2. The SMILES string of the molecule is Cn1c([N+](=O)[O-])cnc1/C=N/OCc1ccc(F)cc1. The molecule has 0 unspecified atom stereocenters. The first-order chi connectivity index (χ1) is 9.58. The minimum absolute atomic E-state index is 0.134. The van der Waals surface area contributed by atoms with Gasteiger partial charge < -0.3 is 15.0 Å². The van der Waals surface area contributed by atoms with Crippen LogP contribution in [-0.4, -0.2) is 20.7 Å². The van der Waals surface area contributed by atoms with E-state index in [0.717, 1.165) is 11.8 Å². The van der Waals surface area contributed by atoms with E-state index in [-0.39, 0.29) is 18.2 Å². The summed E-state index contributed by atoms with van der Waals surface area (Å²) < 4.78 is 14.0. The van der Waals surface area contributed by atoms with E-state index in [4.69, 9.17) is 4.84 Å². The lowest BCUT2D eigenvalue weighted by Gasteiger charge is -1.99. The summed E-state index contributed by atoms with van der Waals surface area (Å²) in [5.41, 5.74) is 0.759. The second-order valence-corrected chi connectivity index (χ2v) is 3.93. The predicted octanol–water partition coefficient (Wildman–Crippen LogP) is 2.02. The standard InChI is InChI=1S/C12H11FN4O3/c1-16-11(14-7-12(16)17(18)19)6-15-20-8-9-2-4-10(13)5-3-9/h2-7H,8H2,1H3/b15-6+. The molecule has 1 aromatic carbocycles. The van der Waals surface area contributed by atoms with Gasteiger partial charge in [0, 0.05) is 0 Å². The highest BCUT2D eigenvalue weighted by Crippen LogP contribution is 2.10. The molecule has 7 nitrogen and oxygen atoms in total. The van der Waals surface area contributed by atoms with Crippen molar-refractivity contribution in [2.24, 2.45) is 12.2 Å². The Kier molecular flexibility index (Phi) is 4.04. The first kappa shape index (κ1) is 13.7. The van der Waals surface area contributed by atoms with Gasteiger partial charge in [0.2, 0.25) is 5.82 Å². The van der Waals surface area contributed by atoms with Crippen molar-refractivity contribution in [1.29, 1.82) is 0 Å². The van der Waals surface area contributed by atoms with Crippen LogP contribution in [0.5, 0.6) is 0 Å². The molecular formula is C12H11FN4O3. The first-order valence-corrected chi connectivity index (χ1v) is 5.64. The average molecular weight is 278 g/mol. The van der Waals surface area contributed by atoms with E-state index in [1.807, 2.05) is 0 Å². The molecule has 8 heteroatoms. The molecule has 0 aliphatic carbocycles. The fourth-order valence-corrected chi connectivity index (χ4v) is 1.48. The topological polar surface area (TPSA) is 82.5 Å². The maximum atomic E-state index is 12.7. The van der Waals surface area contributed by atoms with Crippen LogP contribution in [0.15, 0.2) is 35.6 Å². The third-order valence-electron chi connectivity index (χ3n) is 2.57. The number of hydrogen-bond acceptors (Lipinski definition) is 5. The third kappa shape index (κ3) is 3.16. The van der Waals surface area contributed by atoms with Crippen LogP contribution in [0.2, 0.25) is 0 Å². The van der Waals surface area contributed by atoms with Crippen LogP contribution >= 0.6 is 0 Å². The van der Waals surface area contributed by atoms with Gasteiger partial charge in [-0.2, -0.15) is 0 Å². The van der Waals surface area contributed by atoms with Gasteiger partial charge in [-0.15, -0.1) is 0 Å². The van der Waals surface area contributed by atoms with E-state index < -0.39 is 4.92 Å². The van der Waals surface area contributed by atoms with Crippen LogP contribution < -0.4 is 0 Å². The molecule has 1 aromatic heterocycles. The highest BCUT2D eigenvalue weighted by molar-refractivity contribution is 5.74. The van der Waals surface area contributed by atoms with Crippen molar-refractivity contribution in [3.63, 3.8) is 0 Å². The van der Waals surface area contributed by atoms with Gasteiger partial charge in [0.1, 0.15) is 24.8 Å². The summed E-state index contributed by atoms with van der Waals surface area (Å²) in [6.45, 7) is 0.170. The van der Waals surface area contributed by atoms with Gasteiger partial charge in [0.05, 0.1) is 7.05 Å². The lowest BCUT2D eigenvalue weighted by molar-refractivity contribution is -0.391. The lowest BCUT2D eigenvalue weighted by atomic mass is 10.2. The van der Waals surface area contributed by atoms with Gasteiger partial charge in [-0.05, 0) is 22.6 Å². The minimum Gasteiger partial charge on any atom is -0.391 e. The van der Waals surface area contributed by atoms with E-state index in [0.29, 0.717) is 5.82 Å². The molecule has 0 bridgehead atoms. The fourth-order valence-electron chi connectivity index (χ4n) is 1.48. The number of nitrogens with zero attached hydrogens (tertiary/aromatic N) is 4. The molecule has 104 valence electrons. The molecule has 0 N–H and O–H groups in total. The van der Waals surface area contributed by atoms with Crippen LogP contribution in [0.1, 0.15) is 11.4 Å². The molecule has 0 radical (unpaired) electrons. The molecule has 0 fully saturated rings. The Labute approximate surface area is 113 Å². The number of imidazole rings is 1.